The largest absolute Gasteiger partial charge is 0.444 e. The third-order valence-corrected chi connectivity index (χ3v) is 3.05. The number of carbonyl (C=O) groups excluding carboxylic acids is 1. The Balaban J connectivity index is 2.33. The van der Waals surface area contributed by atoms with Gasteiger partial charge >= 0.3 is 6.09 Å². The first-order chi connectivity index (χ1) is 8.24. The second-order valence-electron chi connectivity index (χ2n) is 6.08. The van der Waals surface area contributed by atoms with Gasteiger partial charge in [0, 0.05) is 13.2 Å². The van der Waals surface area contributed by atoms with E-state index in [1.165, 1.54) is 0 Å². The zero-order valence-electron chi connectivity index (χ0n) is 11.8. The summed E-state index contributed by atoms with van der Waals surface area (Å²) < 4.78 is 10.2. The Morgan fingerprint density at radius 3 is 2.39 bits per heavy atom. The molecule has 1 aliphatic rings. The highest BCUT2D eigenvalue weighted by atomic mass is 16.6. The van der Waals surface area contributed by atoms with Crippen molar-refractivity contribution in [3.63, 3.8) is 0 Å². The summed E-state index contributed by atoms with van der Waals surface area (Å²) in [6.45, 7) is 5.87. The zero-order valence-corrected chi connectivity index (χ0v) is 11.8. The van der Waals surface area contributed by atoms with Crippen LogP contribution in [0.15, 0.2) is 0 Å². The van der Waals surface area contributed by atoms with Crippen LogP contribution in [0.3, 0.4) is 0 Å². The first-order valence-electron chi connectivity index (χ1n) is 6.45. The van der Waals surface area contributed by atoms with Gasteiger partial charge < -0.3 is 19.9 Å². The van der Waals surface area contributed by atoms with E-state index in [0.717, 1.165) is 12.8 Å². The molecule has 0 saturated heterocycles. The Morgan fingerprint density at radius 2 is 1.94 bits per heavy atom. The van der Waals surface area contributed by atoms with Crippen LogP contribution < -0.4 is 5.32 Å². The molecule has 0 atom stereocenters. The van der Waals surface area contributed by atoms with Crippen LogP contribution in [0.4, 0.5) is 4.79 Å². The quantitative estimate of drug-likeness (QED) is 0.811. The Kier molecular flexibility index (Phi) is 4.99. The molecule has 1 aliphatic carbocycles. The van der Waals surface area contributed by atoms with Gasteiger partial charge in [0.15, 0.2) is 0 Å². The Hall–Kier alpha value is -0.810. The average Bonchev–Trinajstić information content (AvgIpc) is 2.19. The van der Waals surface area contributed by atoms with Gasteiger partial charge in [-0.3, -0.25) is 0 Å². The molecule has 5 nitrogen and oxygen atoms in total. The smallest absolute Gasteiger partial charge is 0.407 e. The predicted octanol–water partition coefficient (Wildman–Crippen LogP) is 1.83. The van der Waals surface area contributed by atoms with Crippen molar-refractivity contribution in [2.75, 3.05) is 13.7 Å². The van der Waals surface area contributed by atoms with Crippen LogP contribution >= 0.6 is 0 Å². The number of alkyl carbamates (subject to hydrolysis) is 1. The molecule has 0 radical (unpaired) electrons. The maximum Gasteiger partial charge on any atom is 0.407 e. The van der Waals surface area contributed by atoms with E-state index in [1.54, 1.807) is 7.11 Å². The standard InChI is InChI=1S/C13H25NO4/c1-12(2,3)18-11(15)14-10-5-7-13(16,8-6-10)9-17-4/h10,16H,5-9H2,1-4H3,(H,14,15)/t10-,13+. The van der Waals surface area contributed by atoms with Crippen molar-refractivity contribution < 1.29 is 19.4 Å². The van der Waals surface area contributed by atoms with Gasteiger partial charge in [0.2, 0.25) is 0 Å². The fourth-order valence-corrected chi connectivity index (χ4v) is 2.19. The summed E-state index contributed by atoms with van der Waals surface area (Å²) in [5.74, 6) is 0. The third-order valence-electron chi connectivity index (χ3n) is 3.05. The van der Waals surface area contributed by atoms with Gasteiger partial charge in [0.05, 0.1) is 12.2 Å². The molecular formula is C13H25NO4. The number of rotatable bonds is 3. The molecule has 2 N–H and O–H groups in total. The van der Waals surface area contributed by atoms with Crippen LogP contribution in [0.25, 0.3) is 0 Å². The van der Waals surface area contributed by atoms with Crippen molar-refractivity contribution in [3.8, 4) is 0 Å². The molecule has 0 aromatic heterocycles. The normalized spacial score (nSPS) is 28.8. The highest BCUT2D eigenvalue weighted by Gasteiger charge is 2.34. The molecule has 1 rings (SSSR count). The predicted molar refractivity (Wildman–Crippen MR) is 68.5 cm³/mol. The molecule has 106 valence electrons. The topological polar surface area (TPSA) is 67.8 Å². The molecule has 0 aromatic rings. The minimum absolute atomic E-state index is 0.0805. The monoisotopic (exact) mass is 259 g/mol. The van der Waals surface area contributed by atoms with Gasteiger partial charge in [-0.1, -0.05) is 0 Å². The van der Waals surface area contributed by atoms with Crippen molar-refractivity contribution >= 4 is 6.09 Å². The van der Waals surface area contributed by atoms with Crippen molar-refractivity contribution in [1.29, 1.82) is 0 Å². The summed E-state index contributed by atoms with van der Waals surface area (Å²) in [7, 11) is 1.59. The van der Waals surface area contributed by atoms with Gasteiger partial charge in [-0.15, -0.1) is 0 Å². The molecule has 18 heavy (non-hydrogen) atoms. The Bertz CT molecular complexity index is 277. The number of carbonyl (C=O) groups is 1. The maximum atomic E-state index is 11.6. The summed E-state index contributed by atoms with van der Waals surface area (Å²) in [5, 5.41) is 13.0. The van der Waals surface area contributed by atoms with E-state index < -0.39 is 11.2 Å². The third kappa shape index (κ3) is 5.23. The zero-order chi connectivity index (χ0) is 13.8. The van der Waals surface area contributed by atoms with Gasteiger partial charge in [-0.25, -0.2) is 4.79 Å². The van der Waals surface area contributed by atoms with Gasteiger partial charge in [-0.05, 0) is 46.5 Å². The summed E-state index contributed by atoms with van der Waals surface area (Å²) in [6.07, 6.45) is 2.39. The molecule has 0 spiro atoms. The van der Waals surface area contributed by atoms with E-state index in [2.05, 4.69) is 5.32 Å². The Morgan fingerprint density at radius 1 is 1.39 bits per heavy atom. The van der Waals surface area contributed by atoms with E-state index in [0.29, 0.717) is 19.4 Å². The van der Waals surface area contributed by atoms with Gasteiger partial charge in [0.25, 0.3) is 0 Å². The van der Waals surface area contributed by atoms with E-state index in [9.17, 15) is 9.90 Å². The lowest BCUT2D eigenvalue weighted by Gasteiger charge is -2.35. The molecule has 5 heteroatoms. The van der Waals surface area contributed by atoms with Crippen LogP contribution in [0.1, 0.15) is 46.5 Å². The van der Waals surface area contributed by atoms with Crippen molar-refractivity contribution in [1.82, 2.24) is 5.32 Å². The summed E-state index contributed by atoms with van der Waals surface area (Å²) in [4.78, 5) is 11.6. The first-order valence-corrected chi connectivity index (χ1v) is 6.45. The average molecular weight is 259 g/mol. The van der Waals surface area contributed by atoms with E-state index >= 15 is 0 Å². The molecule has 1 saturated carbocycles. The second kappa shape index (κ2) is 5.89. The molecule has 0 heterocycles. The lowest BCUT2D eigenvalue weighted by atomic mass is 9.83. The minimum Gasteiger partial charge on any atom is -0.444 e. The molecule has 1 fully saturated rings. The summed E-state index contributed by atoms with van der Waals surface area (Å²) in [6, 6.07) is 0.0805. The van der Waals surface area contributed by atoms with Gasteiger partial charge in [-0.2, -0.15) is 0 Å². The maximum absolute atomic E-state index is 11.6. The fourth-order valence-electron chi connectivity index (χ4n) is 2.19. The number of amides is 1. The molecule has 0 aromatic carbocycles. The van der Waals surface area contributed by atoms with E-state index in [4.69, 9.17) is 9.47 Å². The summed E-state index contributed by atoms with van der Waals surface area (Å²) in [5.41, 5.74) is -1.21. The van der Waals surface area contributed by atoms with Crippen molar-refractivity contribution in [3.05, 3.63) is 0 Å². The number of ether oxygens (including phenoxy) is 2. The number of hydrogen-bond acceptors (Lipinski definition) is 4. The fraction of sp³-hybridized carbons (Fsp3) is 0.923. The molecule has 1 amide bonds. The first kappa shape index (κ1) is 15.2. The second-order valence-corrected chi connectivity index (χ2v) is 6.08. The van der Waals surface area contributed by atoms with Crippen molar-refractivity contribution in [2.45, 2.75) is 63.7 Å². The Labute approximate surface area is 109 Å². The number of nitrogens with one attached hydrogen (secondary N) is 1. The summed E-state index contributed by atoms with van der Waals surface area (Å²) >= 11 is 0. The molecule has 0 unspecified atom stereocenters. The van der Waals surface area contributed by atoms with E-state index in [-0.39, 0.29) is 12.1 Å². The SMILES string of the molecule is COC[C@]1(O)CC[C@@H](NC(=O)OC(C)(C)C)CC1. The number of hydrogen-bond donors (Lipinski definition) is 2. The molecule has 0 bridgehead atoms. The molecular weight excluding hydrogens is 234 g/mol. The van der Waals surface area contributed by atoms with Crippen LogP contribution in [0, 0.1) is 0 Å². The highest BCUT2D eigenvalue weighted by Crippen LogP contribution is 2.28. The lowest BCUT2D eigenvalue weighted by molar-refractivity contribution is -0.0606. The van der Waals surface area contributed by atoms with Crippen LogP contribution in [-0.2, 0) is 9.47 Å². The molecule has 0 aliphatic heterocycles. The van der Waals surface area contributed by atoms with Crippen LogP contribution in [0.2, 0.25) is 0 Å². The van der Waals surface area contributed by atoms with Crippen LogP contribution in [-0.4, -0.2) is 42.2 Å². The number of aliphatic hydroxyl groups is 1. The minimum atomic E-state index is -0.735. The lowest BCUT2D eigenvalue weighted by Crippen LogP contribution is -2.46. The number of methoxy groups -OCH3 is 1. The highest BCUT2D eigenvalue weighted by molar-refractivity contribution is 5.68. The van der Waals surface area contributed by atoms with Gasteiger partial charge in [0.1, 0.15) is 5.60 Å². The van der Waals surface area contributed by atoms with Crippen molar-refractivity contribution in [2.24, 2.45) is 0 Å². The van der Waals surface area contributed by atoms with E-state index in [1.807, 2.05) is 20.8 Å². The van der Waals surface area contributed by atoms with Crippen LogP contribution in [0.5, 0.6) is 0 Å².